The van der Waals surface area contributed by atoms with Crippen LogP contribution in [0.2, 0.25) is 0 Å². The number of aryl methyl sites for hydroxylation is 2. The molecule has 2 aromatic heterocycles. The average molecular weight is 309 g/mol. The second-order valence-corrected chi connectivity index (χ2v) is 6.26. The SMILES string of the molecule is COc1nc(N(C)C)sc1CNCc1c(C)nn(C)c1C. The van der Waals surface area contributed by atoms with E-state index in [4.69, 9.17) is 4.74 Å². The number of nitrogens with one attached hydrogen (secondary N) is 1. The van der Waals surface area contributed by atoms with Crippen molar-refractivity contribution in [3.8, 4) is 5.88 Å². The highest BCUT2D eigenvalue weighted by Crippen LogP contribution is 2.30. The molecule has 0 radical (unpaired) electrons. The Balaban J connectivity index is 2.03. The zero-order valence-corrected chi connectivity index (χ0v) is 14.3. The summed E-state index contributed by atoms with van der Waals surface area (Å²) in [5, 5.41) is 8.85. The van der Waals surface area contributed by atoms with Crippen LogP contribution in [0.25, 0.3) is 0 Å². The average Bonchev–Trinajstić information content (AvgIpc) is 2.95. The van der Waals surface area contributed by atoms with E-state index in [0.717, 1.165) is 28.8 Å². The molecular weight excluding hydrogens is 286 g/mol. The summed E-state index contributed by atoms with van der Waals surface area (Å²) < 4.78 is 7.27. The Morgan fingerprint density at radius 1 is 1.29 bits per heavy atom. The molecule has 1 N–H and O–H groups in total. The van der Waals surface area contributed by atoms with E-state index >= 15 is 0 Å². The minimum Gasteiger partial charge on any atom is -0.480 e. The maximum absolute atomic E-state index is 5.35. The molecule has 0 atom stereocenters. The van der Waals surface area contributed by atoms with Crippen molar-refractivity contribution in [2.24, 2.45) is 7.05 Å². The molecule has 0 saturated heterocycles. The Bertz CT molecular complexity index is 617. The van der Waals surface area contributed by atoms with Gasteiger partial charge in [-0.2, -0.15) is 10.1 Å². The molecule has 0 bridgehead atoms. The van der Waals surface area contributed by atoms with Gasteiger partial charge < -0.3 is 15.0 Å². The molecule has 0 aliphatic heterocycles. The summed E-state index contributed by atoms with van der Waals surface area (Å²) in [7, 11) is 7.60. The maximum atomic E-state index is 5.35. The smallest absolute Gasteiger partial charge is 0.230 e. The van der Waals surface area contributed by atoms with E-state index in [2.05, 4.69) is 22.3 Å². The predicted molar refractivity (Wildman–Crippen MR) is 86.2 cm³/mol. The van der Waals surface area contributed by atoms with Gasteiger partial charge in [0.2, 0.25) is 5.88 Å². The summed E-state index contributed by atoms with van der Waals surface area (Å²) in [4.78, 5) is 7.56. The lowest BCUT2D eigenvalue weighted by Gasteiger charge is -2.05. The summed E-state index contributed by atoms with van der Waals surface area (Å²) in [5.74, 6) is 0.704. The zero-order chi connectivity index (χ0) is 15.6. The van der Waals surface area contributed by atoms with E-state index in [1.54, 1.807) is 18.4 Å². The first-order chi connectivity index (χ1) is 9.93. The molecule has 2 aromatic rings. The van der Waals surface area contributed by atoms with Gasteiger partial charge in [-0.15, -0.1) is 0 Å². The molecule has 7 heteroatoms. The van der Waals surface area contributed by atoms with Crippen molar-refractivity contribution in [2.45, 2.75) is 26.9 Å². The highest BCUT2D eigenvalue weighted by molar-refractivity contribution is 7.15. The quantitative estimate of drug-likeness (QED) is 0.882. The Kier molecular flexibility index (Phi) is 4.84. The lowest BCUT2D eigenvalue weighted by atomic mass is 10.2. The molecule has 0 saturated carbocycles. The fourth-order valence-corrected chi connectivity index (χ4v) is 3.08. The molecule has 0 unspecified atom stereocenters. The van der Waals surface area contributed by atoms with Gasteiger partial charge >= 0.3 is 0 Å². The van der Waals surface area contributed by atoms with E-state index in [1.165, 1.54) is 11.3 Å². The van der Waals surface area contributed by atoms with Crippen LogP contribution in [0.3, 0.4) is 0 Å². The van der Waals surface area contributed by atoms with Crippen molar-refractivity contribution >= 4 is 16.5 Å². The van der Waals surface area contributed by atoms with Crippen molar-refractivity contribution in [3.63, 3.8) is 0 Å². The van der Waals surface area contributed by atoms with Crippen LogP contribution in [0.5, 0.6) is 5.88 Å². The molecule has 0 aliphatic rings. The van der Waals surface area contributed by atoms with E-state index in [0.29, 0.717) is 5.88 Å². The molecule has 0 amide bonds. The third kappa shape index (κ3) is 3.36. The van der Waals surface area contributed by atoms with Gasteiger partial charge in [0.05, 0.1) is 17.7 Å². The molecule has 0 fully saturated rings. The Morgan fingerprint density at radius 3 is 2.52 bits per heavy atom. The van der Waals surface area contributed by atoms with Crippen LogP contribution in [0, 0.1) is 13.8 Å². The van der Waals surface area contributed by atoms with Crippen molar-refractivity contribution < 1.29 is 4.74 Å². The van der Waals surface area contributed by atoms with Gasteiger partial charge in [0.25, 0.3) is 0 Å². The third-order valence-electron chi connectivity index (χ3n) is 3.47. The summed E-state index contributed by atoms with van der Waals surface area (Å²) in [6.45, 7) is 5.67. The highest BCUT2D eigenvalue weighted by Gasteiger charge is 2.14. The van der Waals surface area contributed by atoms with Crippen LogP contribution >= 0.6 is 11.3 Å². The van der Waals surface area contributed by atoms with Crippen LogP contribution in [-0.4, -0.2) is 36.0 Å². The number of aromatic nitrogens is 3. The van der Waals surface area contributed by atoms with E-state index in [1.807, 2.05) is 37.6 Å². The van der Waals surface area contributed by atoms with Gasteiger partial charge in [0.15, 0.2) is 5.13 Å². The van der Waals surface area contributed by atoms with Crippen molar-refractivity contribution in [2.75, 3.05) is 26.1 Å². The Hall–Kier alpha value is -1.60. The number of anilines is 1. The van der Waals surface area contributed by atoms with Crippen LogP contribution < -0.4 is 15.0 Å². The number of hydrogen-bond acceptors (Lipinski definition) is 6. The number of thiazole rings is 1. The third-order valence-corrected chi connectivity index (χ3v) is 4.68. The molecular formula is C14H23N5OS. The predicted octanol–water partition coefficient (Wildman–Crippen LogP) is 1.86. The summed E-state index contributed by atoms with van der Waals surface area (Å²) in [6.07, 6.45) is 0. The van der Waals surface area contributed by atoms with Gasteiger partial charge in [0.1, 0.15) is 0 Å². The highest BCUT2D eigenvalue weighted by atomic mass is 32.1. The Labute approximate surface area is 129 Å². The molecule has 6 nitrogen and oxygen atoms in total. The number of nitrogens with zero attached hydrogens (tertiary/aromatic N) is 4. The topological polar surface area (TPSA) is 55.2 Å². The molecule has 0 aromatic carbocycles. The van der Waals surface area contributed by atoms with Crippen LogP contribution in [0.15, 0.2) is 0 Å². The number of ether oxygens (including phenoxy) is 1. The van der Waals surface area contributed by atoms with Gasteiger partial charge in [-0.25, -0.2) is 0 Å². The minimum atomic E-state index is 0.704. The number of rotatable bonds is 6. The van der Waals surface area contributed by atoms with Gasteiger partial charge in [-0.05, 0) is 13.8 Å². The molecule has 116 valence electrons. The molecule has 21 heavy (non-hydrogen) atoms. The number of methoxy groups -OCH3 is 1. The van der Waals surface area contributed by atoms with Crippen molar-refractivity contribution in [1.29, 1.82) is 0 Å². The largest absolute Gasteiger partial charge is 0.480 e. The van der Waals surface area contributed by atoms with E-state index in [9.17, 15) is 0 Å². The molecule has 2 heterocycles. The fourth-order valence-electron chi connectivity index (χ4n) is 2.16. The second-order valence-electron chi connectivity index (χ2n) is 5.20. The monoisotopic (exact) mass is 309 g/mol. The van der Waals surface area contributed by atoms with Crippen LogP contribution in [0.4, 0.5) is 5.13 Å². The molecule has 0 spiro atoms. The van der Waals surface area contributed by atoms with Gasteiger partial charge in [-0.1, -0.05) is 11.3 Å². The first-order valence-electron chi connectivity index (χ1n) is 6.84. The summed E-state index contributed by atoms with van der Waals surface area (Å²) >= 11 is 1.65. The first kappa shape index (κ1) is 15.8. The lowest BCUT2D eigenvalue weighted by Crippen LogP contribution is -2.13. The second kappa shape index (κ2) is 6.44. The number of hydrogen-bond donors (Lipinski definition) is 1. The van der Waals surface area contributed by atoms with Crippen LogP contribution in [0.1, 0.15) is 21.8 Å². The molecule has 0 aliphatic carbocycles. The van der Waals surface area contributed by atoms with E-state index in [-0.39, 0.29) is 0 Å². The van der Waals surface area contributed by atoms with Crippen molar-refractivity contribution in [1.82, 2.24) is 20.1 Å². The van der Waals surface area contributed by atoms with Crippen LogP contribution in [-0.2, 0) is 20.1 Å². The maximum Gasteiger partial charge on any atom is 0.230 e. The normalized spacial score (nSPS) is 11.0. The Morgan fingerprint density at radius 2 is 2.00 bits per heavy atom. The summed E-state index contributed by atoms with van der Waals surface area (Å²) in [5.41, 5.74) is 3.53. The standard InChI is InChI=1S/C14H23N5OS/c1-9-11(10(2)19(5)17-9)7-15-8-12-13(20-6)16-14(21-12)18(3)4/h15H,7-8H2,1-6H3. The lowest BCUT2D eigenvalue weighted by molar-refractivity contribution is 0.394. The zero-order valence-electron chi connectivity index (χ0n) is 13.5. The van der Waals surface area contributed by atoms with Gasteiger partial charge in [0, 0.05) is 45.5 Å². The fraction of sp³-hybridized carbons (Fsp3) is 0.571. The van der Waals surface area contributed by atoms with Crippen molar-refractivity contribution in [3.05, 3.63) is 21.8 Å². The van der Waals surface area contributed by atoms with Gasteiger partial charge in [-0.3, -0.25) is 4.68 Å². The summed E-state index contributed by atoms with van der Waals surface area (Å²) in [6, 6.07) is 0. The minimum absolute atomic E-state index is 0.704. The molecule has 2 rings (SSSR count). The van der Waals surface area contributed by atoms with E-state index < -0.39 is 0 Å². The first-order valence-corrected chi connectivity index (χ1v) is 7.66.